The number of allylic oxidation sites excluding steroid dienone is 1. The fraction of sp³-hybridized carbons (Fsp3) is 0.150. The molecule has 1 unspecified atom stereocenters. The number of fused-ring (bicyclic) bond motifs is 1. The fourth-order valence-corrected chi connectivity index (χ4v) is 3.99. The first-order valence-corrected chi connectivity index (χ1v) is 11.2. The second-order valence-corrected chi connectivity index (χ2v) is 8.94. The van der Waals surface area contributed by atoms with E-state index in [2.05, 4.69) is 30.9 Å². The highest BCUT2D eigenvalue weighted by Crippen LogP contribution is 2.29. The van der Waals surface area contributed by atoms with Crippen molar-refractivity contribution in [2.45, 2.75) is 13.0 Å². The van der Waals surface area contributed by atoms with Crippen molar-refractivity contribution in [2.75, 3.05) is 16.3 Å². The van der Waals surface area contributed by atoms with E-state index in [1.165, 1.54) is 0 Å². The van der Waals surface area contributed by atoms with Gasteiger partial charge in [-0.1, -0.05) is 12.1 Å². The van der Waals surface area contributed by atoms with Crippen LogP contribution in [0.2, 0.25) is 0 Å². The molecule has 0 aliphatic carbocycles. The minimum Gasteiger partial charge on any atom is -0.327 e. The number of urea groups is 1. The maximum absolute atomic E-state index is 13.1. The zero-order valence-corrected chi connectivity index (χ0v) is 17.5. The minimum atomic E-state index is -3.41. The molecule has 2 heterocycles. The van der Waals surface area contributed by atoms with E-state index in [4.69, 9.17) is 0 Å². The van der Waals surface area contributed by atoms with E-state index < -0.39 is 22.1 Å². The molecular weight excluding hydrogens is 420 g/mol. The van der Waals surface area contributed by atoms with Crippen LogP contribution in [0.15, 0.2) is 59.9 Å². The van der Waals surface area contributed by atoms with Gasteiger partial charge in [-0.05, 0) is 42.8 Å². The number of carbonyl (C=O) groups is 2. The van der Waals surface area contributed by atoms with E-state index in [-0.39, 0.29) is 5.91 Å². The topological polar surface area (TPSA) is 145 Å². The molecule has 5 N–H and O–H groups in total. The van der Waals surface area contributed by atoms with Gasteiger partial charge in [-0.15, -0.1) is 0 Å². The number of anilines is 2. The minimum absolute atomic E-state index is 0.343. The van der Waals surface area contributed by atoms with Crippen LogP contribution in [0.5, 0.6) is 0 Å². The SMILES string of the molecule is CC1=C(C(=O)Nc2ccc3[nH]ncc3c2)C(c2ccc(NS(C)(=O)=O)cc2)NC(=O)N1. The van der Waals surface area contributed by atoms with Gasteiger partial charge in [0.25, 0.3) is 5.91 Å². The van der Waals surface area contributed by atoms with E-state index in [9.17, 15) is 18.0 Å². The quantitative estimate of drug-likeness (QED) is 0.413. The number of H-pyrrole nitrogens is 1. The standard InChI is InChI=1S/C20H20N6O4S/c1-11-17(19(27)23-15-7-8-16-13(9-15)10-21-25-16)18(24-20(28)22-11)12-3-5-14(6-4-12)26-31(2,29)30/h3-10,18,26H,1-2H3,(H,21,25)(H,23,27)(H2,22,24,28). The lowest BCUT2D eigenvalue weighted by Crippen LogP contribution is -2.45. The molecule has 1 aromatic heterocycles. The number of amides is 3. The third kappa shape index (κ3) is 4.51. The Balaban J connectivity index is 1.62. The Morgan fingerprint density at radius 1 is 1.10 bits per heavy atom. The summed E-state index contributed by atoms with van der Waals surface area (Å²) in [7, 11) is -3.41. The van der Waals surface area contributed by atoms with Crippen LogP contribution >= 0.6 is 0 Å². The molecule has 3 aromatic rings. The number of hydrogen-bond donors (Lipinski definition) is 5. The second-order valence-electron chi connectivity index (χ2n) is 7.19. The third-order valence-electron chi connectivity index (χ3n) is 4.76. The lowest BCUT2D eigenvalue weighted by atomic mass is 9.94. The molecule has 0 bridgehead atoms. The summed E-state index contributed by atoms with van der Waals surface area (Å²) in [4.78, 5) is 25.2. The Kier molecular flexibility index (Phi) is 5.11. The van der Waals surface area contributed by atoms with Crippen LogP contribution in [0.4, 0.5) is 16.2 Å². The van der Waals surface area contributed by atoms with E-state index in [0.29, 0.717) is 28.2 Å². The van der Waals surface area contributed by atoms with Gasteiger partial charge in [0.05, 0.1) is 29.6 Å². The van der Waals surface area contributed by atoms with Gasteiger partial charge < -0.3 is 16.0 Å². The van der Waals surface area contributed by atoms with Crippen LogP contribution in [-0.4, -0.2) is 36.8 Å². The van der Waals surface area contributed by atoms with Crippen molar-refractivity contribution in [3.05, 3.63) is 65.5 Å². The summed E-state index contributed by atoms with van der Waals surface area (Å²) in [5, 5.41) is 15.9. The van der Waals surface area contributed by atoms with Crippen molar-refractivity contribution < 1.29 is 18.0 Å². The highest BCUT2D eigenvalue weighted by Gasteiger charge is 2.31. The van der Waals surface area contributed by atoms with Gasteiger partial charge in [-0.25, -0.2) is 13.2 Å². The molecular formula is C20H20N6O4S. The number of nitrogens with zero attached hydrogens (tertiary/aromatic N) is 1. The highest BCUT2D eigenvalue weighted by atomic mass is 32.2. The lowest BCUT2D eigenvalue weighted by molar-refractivity contribution is -0.113. The zero-order chi connectivity index (χ0) is 22.2. The molecule has 3 amide bonds. The van der Waals surface area contributed by atoms with Gasteiger partial charge >= 0.3 is 6.03 Å². The smallest absolute Gasteiger partial charge is 0.319 e. The van der Waals surface area contributed by atoms with Crippen LogP contribution in [0, 0.1) is 0 Å². The molecule has 4 rings (SSSR count). The van der Waals surface area contributed by atoms with Gasteiger partial charge in [0.1, 0.15) is 0 Å². The Bertz CT molecular complexity index is 1310. The number of benzene rings is 2. The van der Waals surface area contributed by atoms with Crippen molar-refractivity contribution in [2.24, 2.45) is 0 Å². The average molecular weight is 440 g/mol. The normalized spacial score (nSPS) is 16.6. The first-order valence-electron chi connectivity index (χ1n) is 9.30. The van der Waals surface area contributed by atoms with Gasteiger partial charge in [-0.3, -0.25) is 14.6 Å². The van der Waals surface area contributed by atoms with Crippen LogP contribution < -0.4 is 20.7 Å². The second kappa shape index (κ2) is 7.76. The van der Waals surface area contributed by atoms with E-state index >= 15 is 0 Å². The van der Waals surface area contributed by atoms with Gasteiger partial charge in [0.2, 0.25) is 10.0 Å². The van der Waals surface area contributed by atoms with Crippen LogP contribution in [0.25, 0.3) is 10.9 Å². The monoisotopic (exact) mass is 440 g/mol. The van der Waals surface area contributed by atoms with E-state index in [1.54, 1.807) is 49.5 Å². The molecule has 1 aliphatic heterocycles. The van der Waals surface area contributed by atoms with Crippen molar-refractivity contribution in [1.29, 1.82) is 0 Å². The number of carbonyl (C=O) groups excluding carboxylic acids is 2. The van der Waals surface area contributed by atoms with Crippen molar-refractivity contribution >= 4 is 44.2 Å². The molecule has 1 aliphatic rings. The number of aromatic nitrogens is 2. The average Bonchev–Trinajstić information content (AvgIpc) is 3.14. The summed E-state index contributed by atoms with van der Waals surface area (Å²) < 4.78 is 25.2. The van der Waals surface area contributed by atoms with E-state index in [1.807, 2.05) is 6.07 Å². The van der Waals surface area contributed by atoms with Crippen LogP contribution in [0.1, 0.15) is 18.5 Å². The predicted molar refractivity (Wildman–Crippen MR) is 117 cm³/mol. The number of nitrogens with one attached hydrogen (secondary N) is 5. The molecule has 10 nitrogen and oxygen atoms in total. The summed E-state index contributed by atoms with van der Waals surface area (Å²) in [6.07, 6.45) is 2.72. The van der Waals surface area contributed by atoms with Gasteiger partial charge in [-0.2, -0.15) is 5.10 Å². The lowest BCUT2D eigenvalue weighted by Gasteiger charge is -2.28. The summed E-state index contributed by atoms with van der Waals surface area (Å²) in [5.41, 5.74) is 3.21. The predicted octanol–water partition coefficient (Wildman–Crippen LogP) is 2.20. The summed E-state index contributed by atoms with van der Waals surface area (Å²) in [5.74, 6) is -0.379. The number of sulfonamides is 1. The van der Waals surface area contributed by atoms with Crippen molar-refractivity contribution in [3.8, 4) is 0 Å². The summed E-state index contributed by atoms with van der Waals surface area (Å²) in [6, 6.07) is 10.7. The zero-order valence-electron chi connectivity index (χ0n) is 16.7. The molecule has 0 radical (unpaired) electrons. The molecule has 0 saturated heterocycles. The first-order chi connectivity index (χ1) is 14.7. The third-order valence-corrected chi connectivity index (χ3v) is 5.37. The maximum Gasteiger partial charge on any atom is 0.319 e. The molecule has 0 fully saturated rings. The molecule has 2 aromatic carbocycles. The molecule has 0 saturated carbocycles. The first kappa shape index (κ1) is 20.4. The van der Waals surface area contributed by atoms with Crippen molar-refractivity contribution in [3.63, 3.8) is 0 Å². The van der Waals surface area contributed by atoms with Crippen LogP contribution in [0.3, 0.4) is 0 Å². The fourth-order valence-electron chi connectivity index (χ4n) is 3.42. The largest absolute Gasteiger partial charge is 0.327 e. The Morgan fingerprint density at radius 2 is 1.81 bits per heavy atom. The Hall–Kier alpha value is -3.86. The van der Waals surface area contributed by atoms with Gasteiger partial charge in [0.15, 0.2) is 0 Å². The van der Waals surface area contributed by atoms with Gasteiger partial charge in [0, 0.05) is 22.5 Å². The molecule has 160 valence electrons. The van der Waals surface area contributed by atoms with Crippen LogP contribution in [-0.2, 0) is 14.8 Å². The number of aromatic amines is 1. The van der Waals surface area contributed by atoms with E-state index in [0.717, 1.165) is 17.2 Å². The Morgan fingerprint density at radius 3 is 2.52 bits per heavy atom. The molecule has 31 heavy (non-hydrogen) atoms. The number of rotatable bonds is 5. The molecule has 0 spiro atoms. The maximum atomic E-state index is 13.1. The molecule has 1 atom stereocenters. The molecule has 11 heteroatoms. The summed E-state index contributed by atoms with van der Waals surface area (Å²) in [6.45, 7) is 1.65. The van der Waals surface area contributed by atoms with Crippen molar-refractivity contribution in [1.82, 2.24) is 20.8 Å². The number of hydrogen-bond acceptors (Lipinski definition) is 5. The summed E-state index contributed by atoms with van der Waals surface area (Å²) >= 11 is 0. The Labute approximate surface area is 178 Å². The highest BCUT2D eigenvalue weighted by molar-refractivity contribution is 7.92.